The van der Waals surface area contributed by atoms with Crippen LogP contribution in [-0.4, -0.2) is 25.5 Å². The Morgan fingerprint density at radius 1 is 1.33 bits per heavy atom. The van der Waals surface area contributed by atoms with Gasteiger partial charge >= 0.3 is 5.97 Å². The molecular weight excluding hydrogens is 304 g/mol. The van der Waals surface area contributed by atoms with E-state index >= 15 is 0 Å². The third-order valence-electron chi connectivity index (χ3n) is 5.14. The molecule has 4 nitrogen and oxygen atoms in total. The van der Waals surface area contributed by atoms with Gasteiger partial charge in [0.05, 0.1) is 18.6 Å². The molecule has 0 radical (unpaired) electrons. The lowest BCUT2D eigenvalue weighted by atomic mass is 9.72. The molecule has 1 aliphatic heterocycles. The van der Waals surface area contributed by atoms with Crippen LogP contribution in [0.1, 0.15) is 56.2 Å². The van der Waals surface area contributed by atoms with Crippen molar-refractivity contribution in [2.24, 2.45) is 5.41 Å². The number of ether oxygens (including phenoxy) is 3. The van der Waals surface area contributed by atoms with E-state index in [0.29, 0.717) is 13.2 Å². The second kappa shape index (κ2) is 7.66. The molecule has 24 heavy (non-hydrogen) atoms. The summed E-state index contributed by atoms with van der Waals surface area (Å²) < 4.78 is 16.8. The molecule has 0 bridgehead atoms. The summed E-state index contributed by atoms with van der Waals surface area (Å²) in [6, 6.07) is 6.50. The first-order valence-electron chi connectivity index (χ1n) is 9.12. The van der Waals surface area contributed by atoms with Gasteiger partial charge in [0.1, 0.15) is 0 Å². The molecule has 1 saturated heterocycles. The minimum absolute atomic E-state index is 0.0698. The van der Waals surface area contributed by atoms with Gasteiger partial charge in [-0.1, -0.05) is 18.2 Å². The summed E-state index contributed by atoms with van der Waals surface area (Å²) in [6.07, 6.45) is 5.74. The number of benzene rings is 1. The molecule has 1 aromatic rings. The molecule has 0 N–H and O–H groups in total. The van der Waals surface area contributed by atoms with Gasteiger partial charge in [-0.3, -0.25) is 4.79 Å². The van der Waals surface area contributed by atoms with Gasteiger partial charge in [-0.25, -0.2) is 0 Å². The second-order valence-corrected chi connectivity index (χ2v) is 7.17. The molecule has 4 heteroatoms. The van der Waals surface area contributed by atoms with E-state index in [9.17, 15) is 4.79 Å². The van der Waals surface area contributed by atoms with Crippen LogP contribution in [0.15, 0.2) is 18.2 Å². The van der Waals surface area contributed by atoms with Crippen molar-refractivity contribution in [1.29, 1.82) is 0 Å². The van der Waals surface area contributed by atoms with Crippen LogP contribution < -0.4 is 0 Å². The van der Waals surface area contributed by atoms with Gasteiger partial charge in [0.15, 0.2) is 6.29 Å². The van der Waals surface area contributed by atoms with Crippen LogP contribution in [-0.2, 0) is 38.5 Å². The second-order valence-electron chi connectivity index (χ2n) is 7.17. The Kier molecular flexibility index (Phi) is 5.57. The zero-order valence-corrected chi connectivity index (χ0v) is 14.8. The van der Waals surface area contributed by atoms with Crippen LogP contribution >= 0.6 is 0 Å². The number of carbonyl (C=O) groups excluding carboxylic acids is 1. The number of hydrogen-bond donors (Lipinski definition) is 0. The molecule has 2 aliphatic rings. The Labute approximate surface area is 144 Å². The normalized spacial score (nSPS) is 26.7. The molecule has 3 rings (SSSR count). The van der Waals surface area contributed by atoms with Crippen LogP contribution in [0, 0.1) is 5.41 Å². The van der Waals surface area contributed by atoms with Gasteiger partial charge in [0.2, 0.25) is 0 Å². The summed E-state index contributed by atoms with van der Waals surface area (Å²) in [6.45, 7) is 5.69. The van der Waals surface area contributed by atoms with Gasteiger partial charge in [-0.05, 0) is 69.1 Å². The fourth-order valence-electron chi connectivity index (χ4n) is 3.61. The highest BCUT2D eigenvalue weighted by atomic mass is 16.7. The zero-order valence-electron chi connectivity index (χ0n) is 14.8. The first kappa shape index (κ1) is 17.4. The largest absolute Gasteiger partial charge is 0.466 e. The summed E-state index contributed by atoms with van der Waals surface area (Å²) in [7, 11) is 0. The number of aryl methyl sites for hydroxylation is 1. The zero-order chi connectivity index (χ0) is 17.0. The average Bonchev–Trinajstić information content (AvgIpc) is 2.60. The maximum atomic E-state index is 12.3. The van der Waals surface area contributed by atoms with E-state index in [1.807, 2.05) is 13.8 Å². The highest BCUT2D eigenvalue weighted by Gasteiger charge is 2.38. The van der Waals surface area contributed by atoms with E-state index in [1.54, 1.807) is 0 Å². The van der Waals surface area contributed by atoms with Crippen molar-refractivity contribution in [3.8, 4) is 0 Å². The van der Waals surface area contributed by atoms with E-state index in [2.05, 4.69) is 18.2 Å². The number of fused-ring (bicyclic) bond motifs is 1. The molecular formula is C20H28O4. The van der Waals surface area contributed by atoms with Gasteiger partial charge in [-0.2, -0.15) is 0 Å². The van der Waals surface area contributed by atoms with E-state index in [1.165, 1.54) is 17.5 Å². The fourth-order valence-corrected chi connectivity index (χ4v) is 3.61. The Balaban J connectivity index is 1.65. The molecule has 1 heterocycles. The number of esters is 1. The Hall–Kier alpha value is -1.39. The van der Waals surface area contributed by atoms with Crippen molar-refractivity contribution in [3.63, 3.8) is 0 Å². The summed E-state index contributed by atoms with van der Waals surface area (Å²) in [5, 5.41) is 0. The summed E-state index contributed by atoms with van der Waals surface area (Å²) >= 11 is 0. The Morgan fingerprint density at radius 2 is 2.21 bits per heavy atom. The van der Waals surface area contributed by atoms with Gasteiger partial charge < -0.3 is 14.2 Å². The first-order valence-corrected chi connectivity index (χ1v) is 9.12. The molecule has 0 aromatic heterocycles. The summed E-state index contributed by atoms with van der Waals surface area (Å²) in [4.78, 5) is 12.3. The number of carbonyl (C=O) groups is 1. The maximum Gasteiger partial charge on any atom is 0.312 e. The first-order chi connectivity index (χ1) is 11.6. The lowest BCUT2D eigenvalue weighted by molar-refractivity contribution is -0.168. The number of hydrogen-bond acceptors (Lipinski definition) is 4. The minimum Gasteiger partial charge on any atom is -0.466 e. The van der Waals surface area contributed by atoms with E-state index in [4.69, 9.17) is 14.2 Å². The molecule has 0 spiro atoms. The molecule has 0 amide bonds. The van der Waals surface area contributed by atoms with Crippen molar-refractivity contribution >= 4 is 5.97 Å². The Morgan fingerprint density at radius 3 is 2.96 bits per heavy atom. The van der Waals surface area contributed by atoms with Crippen molar-refractivity contribution in [2.75, 3.05) is 13.2 Å². The molecule has 132 valence electrons. The van der Waals surface area contributed by atoms with E-state index in [-0.39, 0.29) is 12.3 Å². The van der Waals surface area contributed by atoms with Crippen LogP contribution in [0.3, 0.4) is 0 Å². The van der Waals surface area contributed by atoms with E-state index in [0.717, 1.165) is 44.3 Å². The topological polar surface area (TPSA) is 44.8 Å². The molecule has 1 fully saturated rings. The predicted molar refractivity (Wildman–Crippen MR) is 91.6 cm³/mol. The van der Waals surface area contributed by atoms with Crippen molar-refractivity contribution in [1.82, 2.24) is 0 Å². The molecule has 2 atom stereocenters. The number of rotatable bonds is 5. The smallest absolute Gasteiger partial charge is 0.312 e. The summed E-state index contributed by atoms with van der Waals surface area (Å²) in [5.41, 5.74) is 3.34. The maximum absolute atomic E-state index is 12.3. The summed E-state index contributed by atoms with van der Waals surface area (Å²) in [5.74, 6) is -0.0760. The van der Waals surface area contributed by atoms with Crippen LogP contribution in [0.4, 0.5) is 0 Å². The van der Waals surface area contributed by atoms with Crippen molar-refractivity contribution in [3.05, 3.63) is 34.9 Å². The van der Waals surface area contributed by atoms with Crippen LogP contribution in [0.5, 0.6) is 0 Å². The fraction of sp³-hybridized carbons (Fsp3) is 0.650. The monoisotopic (exact) mass is 332 g/mol. The van der Waals surface area contributed by atoms with Crippen LogP contribution in [0.25, 0.3) is 0 Å². The van der Waals surface area contributed by atoms with Crippen molar-refractivity contribution in [2.45, 2.75) is 65.3 Å². The molecule has 0 saturated carbocycles. The Bertz CT molecular complexity index is 577. The highest BCUT2D eigenvalue weighted by molar-refractivity contribution is 5.77. The highest BCUT2D eigenvalue weighted by Crippen LogP contribution is 2.37. The van der Waals surface area contributed by atoms with Crippen LogP contribution in [0.2, 0.25) is 0 Å². The standard InChI is InChI=1S/C20H28O4/c1-3-22-19(21)20(2)10-9-16-8-7-15(12-17(16)13-20)14-24-18-6-4-5-11-23-18/h7-8,12,18H,3-6,9-11,13-14H2,1-2H3. The SMILES string of the molecule is CCOC(=O)C1(C)CCc2ccc(COC3CCCCO3)cc2C1. The third kappa shape index (κ3) is 3.98. The quantitative estimate of drug-likeness (QED) is 0.770. The molecule has 1 aromatic carbocycles. The minimum atomic E-state index is -0.408. The lowest BCUT2D eigenvalue weighted by Gasteiger charge is -2.33. The third-order valence-corrected chi connectivity index (χ3v) is 5.14. The van der Waals surface area contributed by atoms with Gasteiger partial charge in [-0.15, -0.1) is 0 Å². The lowest BCUT2D eigenvalue weighted by Crippen LogP contribution is -2.35. The van der Waals surface area contributed by atoms with Gasteiger partial charge in [0, 0.05) is 6.61 Å². The average molecular weight is 332 g/mol. The van der Waals surface area contributed by atoms with Crippen molar-refractivity contribution < 1.29 is 19.0 Å². The van der Waals surface area contributed by atoms with E-state index < -0.39 is 5.41 Å². The molecule has 1 aliphatic carbocycles. The van der Waals surface area contributed by atoms with Gasteiger partial charge in [0.25, 0.3) is 0 Å². The predicted octanol–water partition coefficient (Wildman–Crippen LogP) is 3.79. The molecule has 2 unspecified atom stereocenters.